The van der Waals surface area contributed by atoms with Gasteiger partial charge in [0.1, 0.15) is 5.51 Å². The van der Waals surface area contributed by atoms with Crippen LogP contribution in [-0.2, 0) is 11.3 Å². The zero-order chi connectivity index (χ0) is 23.4. The summed E-state index contributed by atoms with van der Waals surface area (Å²) in [7, 11) is 0. The number of rotatable bonds is 4. The summed E-state index contributed by atoms with van der Waals surface area (Å²) in [5, 5.41) is 16.5. The van der Waals surface area contributed by atoms with E-state index in [0.717, 1.165) is 24.8 Å². The van der Waals surface area contributed by atoms with Crippen molar-refractivity contribution in [2.75, 3.05) is 31.1 Å². The maximum absolute atomic E-state index is 10.6. The monoisotopic (exact) mass is 470 g/mol. The highest BCUT2D eigenvalue weighted by atomic mass is 32.1. The van der Waals surface area contributed by atoms with Crippen LogP contribution < -0.4 is 4.90 Å². The molecule has 1 unspecified atom stereocenters. The minimum absolute atomic E-state index is 0.446. The van der Waals surface area contributed by atoms with Crippen LogP contribution in [0.4, 0.5) is 18.3 Å². The molecule has 2 saturated heterocycles. The fraction of sp³-hybridized carbons (Fsp3) is 0.591. The molecule has 0 saturated carbocycles. The fourth-order valence-electron chi connectivity index (χ4n) is 4.44. The first-order chi connectivity index (χ1) is 15.1. The summed E-state index contributed by atoms with van der Waals surface area (Å²) in [5.41, 5.74) is 5.17. The Morgan fingerprint density at radius 3 is 2.44 bits per heavy atom. The maximum atomic E-state index is 10.6. The Bertz CT molecular complexity index is 874. The van der Waals surface area contributed by atoms with Crippen molar-refractivity contribution in [2.24, 2.45) is 5.41 Å². The number of aliphatic carboxylic acids is 1. The van der Waals surface area contributed by atoms with E-state index in [1.807, 2.05) is 5.51 Å². The molecule has 2 aliphatic heterocycles. The first-order valence-corrected chi connectivity index (χ1v) is 11.6. The lowest BCUT2D eigenvalue weighted by Crippen LogP contribution is -2.44. The molecule has 0 radical (unpaired) electrons. The molecule has 2 aliphatic rings. The fourth-order valence-corrected chi connectivity index (χ4v) is 5.03. The average Bonchev–Trinajstić information content (AvgIpc) is 3.39. The molecule has 0 bridgehead atoms. The van der Waals surface area contributed by atoms with E-state index >= 15 is 0 Å². The third kappa shape index (κ3) is 6.41. The van der Waals surface area contributed by atoms with Gasteiger partial charge in [0.15, 0.2) is 0 Å². The molecule has 1 spiro atoms. The van der Waals surface area contributed by atoms with Crippen molar-refractivity contribution in [2.45, 2.75) is 51.7 Å². The summed E-state index contributed by atoms with van der Waals surface area (Å²) in [6, 6.07) is 9.22. The van der Waals surface area contributed by atoms with E-state index in [-0.39, 0.29) is 0 Å². The third-order valence-corrected chi connectivity index (χ3v) is 6.84. The normalized spacial score (nSPS) is 21.6. The van der Waals surface area contributed by atoms with Crippen LogP contribution >= 0.6 is 11.3 Å². The van der Waals surface area contributed by atoms with Crippen molar-refractivity contribution in [3.05, 3.63) is 40.9 Å². The number of likely N-dealkylation sites (tertiary alicyclic amines) is 1. The Hall–Kier alpha value is -2.20. The van der Waals surface area contributed by atoms with Gasteiger partial charge in [0.05, 0.1) is 0 Å². The van der Waals surface area contributed by atoms with Gasteiger partial charge in [-0.25, -0.2) is 4.79 Å². The quantitative estimate of drug-likeness (QED) is 0.693. The zero-order valence-corrected chi connectivity index (χ0v) is 19.1. The van der Waals surface area contributed by atoms with Gasteiger partial charge in [-0.05, 0) is 42.9 Å². The molecule has 1 atom stereocenters. The first-order valence-electron chi connectivity index (χ1n) is 10.7. The molecule has 2 aromatic rings. The van der Waals surface area contributed by atoms with E-state index in [4.69, 9.17) is 9.90 Å². The molecule has 2 fully saturated rings. The van der Waals surface area contributed by atoms with Crippen LogP contribution in [0.25, 0.3) is 0 Å². The van der Waals surface area contributed by atoms with Gasteiger partial charge in [0.2, 0.25) is 5.13 Å². The summed E-state index contributed by atoms with van der Waals surface area (Å²) in [6.45, 7) is 10.3. The van der Waals surface area contributed by atoms with Crippen LogP contribution in [0.1, 0.15) is 50.2 Å². The molecule has 6 nitrogen and oxygen atoms in total. The molecular weight excluding hydrogens is 441 g/mol. The number of halogens is 3. The number of benzene rings is 1. The minimum atomic E-state index is -5.08. The third-order valence-electron chi connectivity index (χ3n) is 6.09. The van der Waals surface area contributed by atoms with E-state index in [1.54, 1.807) is 11.3 Å². The van der Waals surface area contributed by atoms with Crippen LogP contribution in [-0.4, -0.2) is 58.5 Å². The van der Waals surface area contributed by atoms with Crippen LogP contribution in [0.3, 0.4) is 0 Å². The predicted octanol–water partition coefficient (Wildman–Crippen LogP) is 4.79. The number of nitrogens with zero attached hydrogens (tertiary/aromatic N) is 4. The Balaban J connectivity index is 0.000000360. The van der Waals surface area contributed by atoms with Crippen molar-refractivity contribution in [3.63, 3.8) is 0 Å². The predicted molar refractivity (Wildman–Crippen MR) is 118 cm³/mol. The number of piperidine rings is 1. The van der Waals surface area contributed by atoms with Gasteiger partial charge in [-0.3, -0.25) is 4.90 Å². The maximum Gasteiger partial charge on any atom is 0.490 e. The Morgan fingerprint density at radius 1 is 1.19 bits per heavy atom. The molecule has 0 amide bonds. The summed E-state index contributed by atoms with van der Waals surface area (Å²) in [4.78, 5) is 14.0. The summed E-state index contributed by atoms with van der Waals surface area (Å²) < 4.78 is 31.7. The lowest BCUT2D eigenvalue weighted by Gasteiger charge is -2.40. The molecule has 1 N–H and O–H groups in total. The second kappa shape index (κ2) is 10.2. The van der Waals surface area contributed by atoms with Crippen molar-refractivity contribution in [1.82, 2.24) is 15.1 Å². The van der Waals surface area contributed by atoms with Gasteiger partial charge in [-0.2, -0.15) is 13.2 Å². The SMILES string of the molecule is CC(C)c1ccc(CN2CCC3(CCCN(c4nncs4)C3)C2)cc1.O=C(O)C(F)(F)F. The van der Waals surface area contributed by atoms with Crippen LogP contribution in [0.5, 0.6) is 0 Å². The van der Waals surface area contributed by atoms with Crippen LogP contribution in [0.2, 0.25) is 0 Å². The van der Waals surface area contributed by atoms with Crippen molar-refractivity contribution >= 4 is 22.4 Å². The molecule has 176 valence electrons. The summed E-state index contributed by atoms with van der Waals surface area (Å²) in [6.07, 6.45) is -1.14. The topological polar surface area (TPSA) is 69.6 Å². The molecule has 1 aromatic carbocycles. The molecular formula is C22H29F3N4O2S. The number of carboxylic acid groups (broad SMARTS) is 1. The van der Waals surface area contributed by atoms with Gasteiger partial charge in [0.25, 0.3) is 0 Å². The Morgan fingerprint density at radius 2 is 1.88 bits per heavy atom. The van der Waals surface area contributed by atoms with Crippen LogP contribution in [0.15, 0.2) is 29.8 Å². The van der Waals surface area contributed by atoms with E-state index < -0.39 is 12.1 Å². The average molecular weight is 471 g/mol. The van der Waals surface area contributed by atoms with Gasteiger partial charge in [-0.1, -0.05) is 49.4 Å². The zero-order valence-electron chi connectivity index (χ0n) is 18.3. The van der Waals surface area contributed by atoms with E-state index in [0.29, 0.717) is 11.3 Å². The number of anilines is 1. The highest BCUT2D eigenvalue weighted by molar-refractivity contribution is 7.13. The number of hydrogen-bond donors (Lipinski definition) is 1. The molecule has 3 heterocycles. The van der Waals surface area contributed by atoms with Gasteiger partial charge in [0, 0.05) is 31.6 Å². The van der Waals surface area contributed by atoms with Gasteiger partial charge in [-0.15, -0.1) is 10.2 Å². The molecule has 32 heavy (non-hydrogen) atoms. The Labute approximate surface area is 190 Å². The van der Waals surface area contributed by atoms with Gasteiger partial charge < -0.3 is 10.0 Å². The van der Waals surface area contributed by atoms with E-state index in [9.17, 15) is 13.2 Å². The number of carboxylic acids is 1. The first kappa shape index (κ1) is 24.4. The second-order valence-electron chi connectivity index (χ2n) is 8.91. The van der Waals surface area contributed by atoms with Crippen molar-refractivity contribution in [3.8, 4) is 0 Å². The number of alkyl halides is 3. The Kier molecular flexibility index (Phi) is 7.76. The largest absolute Gasteiger partial charge is 0.490 e. The van der Waals surface area contributed by atoms with Crippen molar-refractivity contribution in [1.29, 1.82) is 0 Å². The smallest absolute Gasteiger partial charge is 0.475 e. The molecule has 1 aromatic heterocycles. The number of hydrogen-bond acceptors (Lipinski definition) is 6. The lowest BCUT2D eigenvalue weighted by atomic mass is 9.79. The standard InChI is InChI=1S/C20H28N4S.C2HF3O2/c1-16(2)18-6-4-17(5-7-18)12-23-11-9-20(13-23)8-3-10-24(14-20)19-22-21-15-25-19;3-2(4,5)1(6)7/h4-7,15-16H,3,8-14H2,1-2H3;(H,6,7). The number of aromatic nitrogens is 2. The molecule has 4 rings (SSSR count). The van der Waals surface area contributed by atoms with E-state index in [1.165, 1.54) is 43.5 Å². The van der Waals surface area contributed by atoms with E-state index in [2.05, 4.69) is 58.1 Å². The summed E-state index contributed by atoms with van der Waals surface area (Å²) in [5.74, 6) is -2.15. The highest BCUT2D eigenvalue weighted by Crippen LogP contribution is 2.40. The molecule has 0 aliphatic carbocycles. The van der Waals surface area contributed by atoms with Gasteiger partial charge >= 0.3 is 12.1 Å². The van der Waals surface area contributed by atoms with Crippen LogP contribution in [0, 0.1) is 5.41 Å². The number of carbonyl (C=O) groups is 1. The molecule has 10 heteroatoms. The lowest BCUT2D eigenvalue weighted by molar-refractivity contribution is -0.192. The van der Waals surface area contributed by atoms with Crippen molar-refractivity contribution < 1.29 is 23.1 Å². The minimum Gasteiger partial charge on any atom is -0.475 e. The highest BCUT2D eigenvalue weighted by Gasteiger charge is 2.41. The summed E-state index contributed by atoms with van der Waals surface area (Å²) >= 11 is 1.67. The second-order valence-corrected chi connectivity index (χ2v) is 9.72.